The van der Waals surface area contributed by atoms with Crippen LogP contribution in [0.2, 0.25) is 5.02 Å². The Kier molecular flexibility index (Phi) is 3.38. The van der Waals surface area contributed by atoms with Gasteiger partial charge in [-0.1, -0.05) is 11.6 Å². The molecule has 0 atom stereocenters. The second-order valence-corrected chi connectivity index (χ2v) is 3.81. The van der Waals surface area contributed by atoms with Crippen LogP contribution in [-0.4, -0.2) is 15.9 Å². The molecule has 2 N–H and O–H groups in total. The number of benzene rings is 1. The van der Waals surface area contributed by atoms with E-state index < -0.39 is 17.3 Å². The molecule has 1 amide bonds. The third-order valence-corrected chi connectivity index (χ3v) is 2.33. The fraction of sp³-hybridized carbons (Fsp3) is 0. The zero-order valence-corrected chi connectivity index (χ0v) is 9.66. The molecule has 1 aromatic heterocycles. The molecule has 5 nitrogen and oxygen atoms in total. The summed E-state index contributed by atoms with van der Waals surface area (Å²) >= 11 is 5.58. The second-order valence-electron chi connectivity index (χ2n) is 3.37. The Bertz CT molecular complexity index is 657. The average molecular weight is 268 g/mol. The highest BCUT2D eigenvalue weighted by Crippen LogP contribution is 2.19. The first-order chi connectivity index (χ1) is 8.56. The number of aromatic amines is 1. The minimum absolute atomic E-state index is 0.0357. The lowest BCUT2D eigenvalue weighted by Gasteiger charge is -2.05. The van der Waals surface area contributed by atoms with Gasteiger partial charge in [0.1, 0.15) is 11.5 Å². The minimum Gasteiger partial charge on any atom is -0.318 e. The van der Waals surface area contributed by atoms with E-state index in [2.05, 4.69) is 15.3 Å². The number of hydrogen-bond donors (Lipinski definition) is 2. The van der Waals surface area contributed by atoms with Gasteiger partial charge < -0.3 is 10.3 Å². The quantitative estimate of drug-likeness (QED) is 0.871. The van der Waals surface area contributed by atoms with Gasteiger partial charge in [0.2, 0.25) is 0 Å². The van der Waals surface area contributed by atoms with Crippen LogP contribution in [0.5, 0.6) is 0 Å². The summed E-state index contributed by atoms with van der Waals surface area (Å²) in [6, 6.07) is 4.85. The SMILES string of the molecule is O=C(Nc1ccc(Cl)cc1F)c1cc(=O)[nH]cn1. The van der Waals surface area contributed by atoms with Crippen molar-refractivity contribution in [2.75, 3.05) is 5.32 Å². The number of nitrogens with one attached hydrogen (secondary N) is 2. The molecular formula is C11H7ClFN3O2. The van der Waals surface area contributed by atoms with E-state index in [9.17, 15) is 14.0 Å². The maximum absolute atomic E-state index is 13.4. The summed E-state index contributed by atoms with van der Waals surface area (Å²) in [7, 11) is 0. The molecule has 1 aromatic carbocycles. The lowest BCUT2D eigenvalue weighted by molar-refractivity contribution is 0.102. The number of rotatable bonds is 2. The van der Waals surface area contributed by atoms with Crippen molar-refractivity contribution in [2.45, 2.75) is 0 Å². The van der Waals surface area contributed by atoms with Crippen molar-refractivity contribution >= 4 is 23.2 Å². The smallest absolute Gasteiger partial charge is 0.274 e. The number of carbonyl (C=O) groups is 1. The van der Waals surface area contributed by atoms with Crippen molar-refractivity contribution in [3.05, 3.63) is 57.5 Å². The second kappa shape index (κ2) is 4.97. The van der Waals surface area contributed by atoms with Gasteiger partial charge in [-0.15, -0.1) is 0 Å². The number of nitrogens with zero attached hydrogens (tertiary/aromatic N) is 1. The van der Waals surface area contributed by atoms with E-state index in [0.717, 1.165) is 18.5 Å². The molecule has 0 spiro atoms. The van der Waals surface area contributed by atoms with E-state index in [4.69, 9.17) is 11.6 Å². The first kappa shape index (κ1) is 12.3. The monoisotopic (exact) mass is 267 g/mol. The molecule has 2 aromatic rings. The predicted octanol–water partition coefficient (Wildman–Crippen LogP) is 1.81. The lowest BCUT2D eigenvalue weighted by atomic mass is 10.3. The molecule has 2 rings (SSSR count). The van der Waals surface area contributed by atoms with Crippen molar-refractivity contribution in [2.24, 2.45) is 0 Å². The molecule has 0 radical (unpaired) electrons. The Labute approximate surface area is 106 Å². The molecule has 0 unspecified atom stereocenters. The molecule has 0 saturated carbocycles. The van der Waals surface area contributed by atoms with Crippen LogP contribution in [0.15, 0.2) is 35.4 Å². The van der Waals surface area contributed by atoms with Gasteiger partial charge in [0.15, 0.2) is 0 Å². The van der Waals surface area contributed by atoms with E-state index in [0.29, 0.717) is 0 Å². The third-order valence-electron chi connectivity index (χ3n) is 2.09. The third kappa shape index (κ3) is 2.72. The maximum Gasteiger partial charge on any atom is 0.274 e. The molecule has 0 fully saturated rings. The minimum atomic E-state index is -0.678. The van der Waals surface area contributed by atoms with E-state index in [1.165, 1.54) is 12.1 Å². The summed E-state index contributed by atoms with van der Waals surface area (Å²) in [5.74, 6) is -1.34. The standard InChI is InChI=1S/C11H7ClFN3O2/c12-6-1-2-8(7(13)3-6)16-11(18)9-4-10(17)15-5-14-9/h1-5H,(H,16,18)(H,14,15,17). The van der Waals surface area contributed by atoms with Crippen LogP contribution in [0.4, 0.5) is 10.1 Å². The van der Waals surface area contributed by atoms with E-state index in [1.54, 1.807) is 0 Å². The number of halogens is 2. The highest BCUT2D eigenvalue weighted by Gasteiger charge is 2.11. The Morgan fingerprint density at radius 1 is 1.39 bits per heavy atom. The van der Waals surface area contributed by atoms with Crippen LogP contribution >= 0.6 is 11.6 Å². The number of hydrogen-bond acceptors (Lipinski definition) is 3. The van der Waals surface area contributed by atoms with Gasteiger partial charge in [-0.05, 0) is 18.2 Å². The van der Waals surface area contributed by atoms with Crippen molar-refractivity contribution in [3.8, 4) is 0 Å². The average Bonchev–Trinajstić information content (AvgIpc) is 2.32. The molecule has 7 heteroatoms. The molecular weight excluding hydrogens is 261 g/mol. The normalized spacial score (nSPS) is 10.1. The maximum atomic E-state index is 13.4. The Morgan fingerprint density at radius 2 is 2.17 bits per heavy atom. The summed E-state index contributed by atoms with van der Waals surface area (Å²) in [5, 5.41) is 2.52. The van der Waals surface area contributed by atoms with E-state index in [-0.39, 0.29) is 16.4 Å². The number of H-pyrrole nitrogens is 1. The van der Waals surface area contributed by atoms with Crippen molar-refractivity contribution in [1.82, 2.24) is 9.97 Å². The number of aromatic nitrogens is 2. The number of amides is 1. The van der Waals surface area contributed by atoms with Crippen molar-refractivity contribution in [3.63, 3.8) is 0 Å². The molecule has 0 bridgehead atoms. The molecule has 1 heterocycles. The highest BCUT2D eigenvalue weighted by atomic mass is 35.5. The van der Waals surface area contributed by atoms with Crippen LogP contribution in [0.3, 0.4) is 0 Å². The van der Waals surface area contributed by atoms with Gasteiger partial charge in [-0.2, -0.15) is 0 Å². The summed E-state index contributed by atoms with van der Waals surface area (Å²) in [6.45, 7) is 0. The van der Waals surface area contributed by atoms with Crippen LogP contribution < -0.4 is 10.9 Å². The van der Waals surface area contributed by atoms with E-state index in [1.807, 2.05) is 0 Å². The van der Waals surface area contributed by atoms with Crippen LogP contribution in [0.1, 0.15) is 10.5 Å². The number of anilines is 1. The zero-order valence-electron chi connectivity index (χ0n) is 8.91. The van der Waals surface area contributed by atoms with Crippen molar-refractivity contribution in [1.29, 1.82) is 0 Å². The summed E-state index contributed by atoms with van der Waals surface area (Å²) in [4.78, 5) is 28.6. The summed E-state index contributed by atoms with van der Waals surface area (Å²) in [5.41, 5.74) is -0.605. The largest absolute Gasteiger partial charge is 0.318 e. The van der Waals surface area contributed by atoms with Crippen LogP contribution in [0, 0.1) is 5.82 Å². The van der Waals surface area contributed by atoms with Crippen molar-refractivity contribution < 1.29 is 9.18 Å². The van der Waals surface area contributed by atoms with Gasteiger partial charge in [0.05, 0.1) is 12.0 Å². The molecule has 0 aliphatic carbocycles. The zero-order chi connectivity index (χ0) is 13.1. The highest BCUT2D eigenvalue weighted by molar-refractivity contribution is 6.30. The first-order valence-corrected chi connectivity index (χ1v) is 5.25. The van der Waals surface area contributed by atoms with Crippen LogP contribution in [-0.2, 0) is 0 Å². The van der Waals surface area contributed by atoms with Gasteiger partial charge >= 0.3 is 0 Å². The van der Waals surface area contributed by atoms with Gasteiger partial charge in [0, 0.05) is 11.1 Å². The van der Waals surface area contributed by atoms with E-state index >= 15 is 0 Å². The van der Waals surface area contributed by atoms with Gasteiger partial charge in [-0.25, -0.2) is 9.37 Å². The topological polar surface area (TPSA) is 74.8 Å². The molecule has 0 saturated heterocycles. The Morgan fingerprint density at radius 3 is 2.83 bits per heavy atom. The Balaban J connectivity index is 2.24. The lowest BCUT2D eigenvalue weighted by Crippen LogP contribution is -2.18. The Hall–Kier alpha value is -2.21. The molecule has 0 aliphatic rings. The number of carbonyl (C=O) groups excluding carboxylic acids is 1. The van der Waals surface area contributed by atoms with Crippen LogP contribution in [0.25, 0.3) is 0 Å². The fourth-order valence-corrected chi connectivity index (χ4v) is 1.43. The summed E-state index contributed by atoms with van der Waals surface area (Å²) in [6.07, 6.45) is 1.09. The predicted molar refractivity (Wildman–Crippen MR) is 64.2 cm³/mol. The summed E-state index contributed by atoms with van der Waals surface area (Å²) < 4.78 is 13.4. The molecule has 92 valence electrons. The molecule has 18 heavy (non-hydrogen) atoms. The van der Waals surface area contributed by atoms with Gasteiger partial charge in [-0.3, -0.25) is 9.59 Å². The first-order valence-electron chi connectivity index (χ1n) is 4.87. The fourth-order valence-electron chi connectivity index (χ4n) is 1.27. The molecule has 0 aliphatic heterocycles. The van der Waals surface area contributed by atoms with Gasteiger partial charge in [0.25, 0.3) is 11.5 Å².